The second-order valence-corrected chi connectivity index (χ2v) is 10.3. The Morgan fingerprint density at radius 1 is 1.25 bits per heavy atom. The zero-order valence-corrected chi connectivity index (χ0v) is 22.0. The van der Waals surface area contributed by atoms with E-state index in [1.54, 1.807) is 13.8 Å². The number of aromatic nitrogens is 1. The average Bonchev–Trinajstić information content (AvgIpc) is 2.78. The number of halogens is 1. The van der Waals surface area contributed by atoms with E-state index in [1.165, 1.54) is 24.2 Å². The molecular weight excluding hydrogens is 484 g/mol. The van der Waals surface area contributed by atoms with Gasteiger partial charge in [0, 0.05) is 26.6 Å². The first-order valence-electron chi connectivity index (χ1n) is 11.8. The minimum atomic E-state index is -1.06. The van der Waals surface area contributed by atoms with Crippen LogP contribution in [-0.4, -0.2) is 65.2 Å². The van der Waals surface area contributed by atoms with Crippen LogP contribution in [0.25, 0.3) is 0 Å². The monoisotopic (exact) mass is 516 g/mol. The topological polar surface area (TPSA) is 121 Å². The Labute approximate surface area is 216 Å². The van der Waals surface area contributed by atoms with Gasteiger partial charge in [-0.2, -0.15) is 0 Å². The Bertz CT molecular complexity index is 1140. The summed E-state index contributed by atoms with van der Waals surface area (Å²) < 4.78 is 5.32. The van der Waals surface area contributed by atoms with Crippen LogP contribution in [0.4, 0.5) is 10.5 Å². The number of rotatable bonds is 8. The van der Waals surface area contributed by atoms with Crippen LogP contribution in [0.5, 0.6) is 0 Å². The van der Waals surface area contributed by atoms with E-state index in [-0.39, 0.29) is 47.9 Å². The Kier molecular flexibility index (Phi) is 8.26. The predicted molar refractivity (Wildman–Crippen MR) is 137 cm³/mol. The highest BCUT2D eigenvalue weighted by molar-refractivity contribution is 6.30. The predicted octanol–water partition coefficient (Wildman–Crippen LogP) is 3.71. The number of likely N-dealkylation sites (tertiary alicyclic amines) is 1. The van der Waals surface area contributed by atoms with Gasteiger partial charge in [0.25, 0.3) is 5.91 Å². The maximum Gasteiger partial charge on any atom is 0.409 e. The van der Waals surface area contributed by atoms with Crippen molar-refractivity contribution in [1.29, 1.82) is 0 Å². The Morgan fingerprint density at radius 3 is 2.53 bits per heavy atom. The summed E-state index contributed by atoms with van der Waals surface area (Å²) in [5.74, 6) is -0.653. The number of hydrogen-bond donors (Lipinski definition) is 3. The average molecular weight is 517 g/mol. The molecule has 1 aliphatic heterocycles. The lowest BCUT2D eigenvalue weighted by Gasteiger charge is -2.49. The van der Waals surface area contributed by atoms with E-state index in [4.69, 9.17) is 16.3 Å². The highest BCUT2D eigenvalue weighted by atomic mass is 35.5. The minimum absolute atomic E-state index is 0.0620. The second-order valence-electron chi connectivity index (χ2n) is 9.94. The molecular formula is C26H33ClN4O5. The third-order valence-electron chi connectivity index (χ3n) is 6.24. The molecule has 0 bridgehead atoms. The number of carbonyl (C=O) groups is 3. The summed E-state index contributed by atoms with van der Waals surface area (Å²) in [5, 5.41) is 15.4. The molecule has 0 spiro atoms. The molecule has 0 aliphatic carbocycles. The number of aliphatic hydroxyl groups is 1. The lowest BCUT2D eigenvalue weighted by atomic mass is 9.70. The van der Waals surface area contributed by atoms with E-state index in [2.05, 4.69) is 15.6 Å². The van der Waals surface area contributed by atoms with Gasteiger partial charge in [-0.1, -0.05) is 49.7 Å². The lowest BCUT2D eigenvalue weighted by molar-refractivity contribution is -0.127. The SMILES string of the molecule is CNC(=O)c1cc(Cl)ncc1NC(=O)C1(c2ccccc2C(C)C)CN(C(=O)OCCC(C)(C)O)C1. The third-order valence-corrected chi connectivity index (χ3v) is 6.45. The van der Waals surface area contributed by atoms with Gasteiger partial charge in [0.15, 0.2) is 0 Å². The van der Waals surface area contributed by atoms with Crippen LogP contribution in [0.2, 0.25) is 5.15 Å². The number of carbonyl (C=O) groups excluding carboxylic acids is 3. The molecule has 3 rings (SSSR count). The maximum atomic E-state index is 13.8. The molecule has 3 N–H and O–H groups in total. The molecule has 36 heavy (non-hydrogen) atoms. The van der Waals surface area contributed by atoms with Crippen molar-refractivity contribution in [3.63, 3.8) is 0 Å². The van der Waals surface area contributed by atoms with Crippen LogP contribution >= 0.6 is 11.6 Å². The van der Waals surface area contributed by atoms with Crippen LogP contribution in [0.1, 0.15) is 61.5 Å². The van der Waals surface area contributed by atoms with Crippen molar-refractivity contribution in [2.75, 3.05) is 32.1 Å². The molecule has 2 heterocycles. The number of ether oxygens (including phenoxy) is 1. The van der Waals surface area contributed by atoms with Crippen LogP contribution < -0.4 is 10.6 Å². The van der Waals surface area contributed by atoms with Gasteiger partial charge in [-0.25, -0.2) is 9.78 Å². The highest BCUT2D eigenvalue weighted by Crippen LogP contribution is 2.40. The first-order valence-corrected chi connectivity index (χ1v) is 12.2. The Hall–Kier alpha value is -3.17. The molecule has 3 amide bonds. The van der Waals surface area contributed by atoms with Crippen LogP contribution in [0.15, 0.2) is 36.5 Å². The van der Waals surface area contributed by atoms with E-state index >= 15 is 0 Å². The number of nitrogens with one attached hydrogen (secondary N) is 2. The number of amides is 3. The van der Waals surface area contributed by atoms with Crippen molar-refractivity contribution in [2.24, 2.45) is 0 Å². The summed E-state index contributed by atoms with van der Waals surface area (Å²) in [6.45, 7) is 7.62. The Balaban J connectivity index is 1.91. The number of hydrogen-bond acceptors (Lipinski definition) is 6. The van der Waals surface area contributed by atoms with Crippen LogP contribution in [-0.2, 0) is 14.9 Å². The van der Waals surface area contributed by atoms with Crippen molar-refractivity contribution < 1.29 is 24.2 Å². The molecule has 1 aromatic carbocycles. The van der Waals surface area contributed by atoms with Gasteiger partial charge < -0.3 is 25.4 Å². The zero-order chi connectivity index (χ0) is 26.7. The maximum absolute atomic E-state index is 13.8. The highest BCUT2D eigenvalue weighted by Gasteiger charge is 2.54. The van der Waals surface area contributed by atoms with Crippen molar-refractivity contribution in [3.8, 4) is 0 Å². The third kappa shape index (κ3) is 5.96. The van der Waals surface area contributed by atoms with Gasteiger partial charge in [-0.3, -0.25) is 9.59 Å². The molecule has 0 saturated carbocycles. The van der Waals surface area contributed by atoms with Crippen molar-refractivity contribution in [1.82, 2.24) is 15.2 Å². The zero-order valence-electron chi connectivity index (χ0n) is 21.2. The number of anilines is 1. The molecule has 1 saturated heterocycles. The van der Waals surface area contributed by atoms with Gasteiger partial charge in [0.05, 0.1) is 29.7 Å². The van der Waals surface area contributed by atoms with E-state index < -0.39 is 23.0 Å². The van der Waals surface area contributed by atoms with Gasteiger partial charge in [0.2, 0.25) is 5.91 Å². The molecule has 0 unspecified atom stereocenters. The summed E-state index contributed by atoms with van der Waals surface area (Å²) in [4.78, 5) is 44.4. The fourth-order valence-electron chi connectivity index (χ4n) is 4.18. The van der Waals surface area contributed by atoms with Crippen molar-refractivity contribution >= 4 is 35.2 Å². The number of nitrogens with zero attached hydrogens (tertiary/aromatic N) is 2. The van der Waals surface area contributed by atoms with Gasteiger partial charge in [0.1, 0.15) is 10.6 Å². The summed E-state index contributed by atoms with van der Waals surface area (Å²) in [6, 6.07) is 9.03. The molecule has 1 aliphatic rings. The summed E-state index contributed by atoms with van der Waals surface area (Å²) in [7, 11) is 1.48. The fraction of sp³-hybridized carbons (Fsp3) is 0.462. The molecule has 194 valence electrons. The molecule has 9 nitrogen and oxygen atoms in total. The molecule has 1 aromatic heterocycles. The first-order chi connectivity index (χ1) is 16.9. The number of benzene rings is 1. The van der Waals surface area contributed by atoms with Crippen LogP contribution in [0, 0.1) is 0 Å². The molecule has 10 heteroatoms. The van der Waals surface area contributed by atoms with E-state index in [9.17, 15) is 19.5 Å². The van der Waals surface area contributed by atoms with E-state index in [0.29, 0.717) is 6.42 Å². The summed E-state index contributed by atoms with van der Waals surface area (Å²) >= 11 is 5.98. The van der Waals surface area contributed by atoms with E-state index in [0.717, 1.165) is 11.1 Å². The molecule has 1 fully saturated rings. The van der Waals surface area contributed by atoms with Crippen LogP contribution in [0.3, 0.4) is 0 Å². The van der Waals surface area contributed by atoms with E-state index in [1.807, 2.05) is 38.1 Å². The van der Waals surface area contributed by atoms with Gasteiger partial charge >= 0.3 is 6.09 Å². The van der Waals surface area contributed by atoms with Crippen molar-refractivity contribution in [2.45, 2.75) is 51.0 Å². The minimum Gasteiger partial charge on any atom is -0.449 e. The second kappa shape index (κ2) is 10.8. The lowest BCUT2D eigenvalue weighted by Crippen LogP contribution is -2.66. The standard InChI is InChI=1S/C26H33ClN4O5/c1-16(2)17-8-6-7-9-19(17)26(14-31(15-26)24(34)36-11-10-25(3,4)35)23(33)30-20-13-29-21(27)12-18(20)22(32)28-5/h6-9,12-13,16,35H,10-11,14-15H2,1-5H3,(H,28,32)(H,30,33). The normalized spacial score (nSPS) is 14.7. The van der Waals surface area contributed by atoms with Gasteiger partial charge in [-0.05, 0) is 37.0 Å². The largest absolute Gasteiger partial charge is 0.449 e. The first kappa shape index (κ1) is 27.4. The van der Waals surface area contributed by atoms with Crippen molar-refractivity contribution in [3.05, 3.63) is 58.4 Å². The van der Waals surface area contributed by atoms with Gasteiger partial charge in [-0.15, -0.1) is 0 Å². The Morgan fingerprint density at radius 2 is 1.92 bits per heavy atom. The quantitative estimate of drug-likeness (QED) is 0.460. The molecule has 2 aromatic rings. The number of pyridine rings is 1. The molecule has 0 radical (unpaired) electrons. The summed E-state index contributed by atoms with van der Waals surface area (Å²) in [5.41, 5.74) is 0.182. The fourth-order valence-corrected chi connectivity index (χ4v) is 4.34. The summed E-state index contributed by atoms with van der Waals surface area (Å²) in [6.07, 6.45) is 1.08. The molecule has 0 atom stereocenters. The smallest absolute Gasteiger partial charge is 0.409 e.